The summed E-state index contributed by atoms with van der Waals surface area (Å²) in [4.78, 5) is 23.4. The van der Waals surface area contributed by atoms with Crippen LogP contribution in [0.2, 0.25) is 0 Å². The van der Waals surface area contributed by atoms with Gasteiger partial charge in [-0.15, -0.1) is 0 Å². The Labute approximate surface area is 174 Å². The van der Waals surface area contributed by atoms with E-state index in [1.165, 1.54) is 30.9 Å². The molecule has 0 saturated carbocycles. The Morgan fingerprint density at radius 2 is 1.48 bits per heavy atom. The third-order valence-corrected chi connectivity index (χ3v) is 4.80. The number of carbonyl (C=O) groups is 2. The molecule has 0 heterocycles. The molecule has 29 heavy (non-hydrogen) atoms. The lowest BCUT2D eigenvalue weighted by Crippen LogP contribution is -2.33. The lowest BCUT2D eigenvalue weighted by molar-refractivity contribution is -0.116. The van der Waals surface area contributed by atoms with Crippen LogP contribution in [0.25, 0.3) is 0 Å². The van der Waals surface area contributed by atoms with E-state index in [0.29, 0.717) is 17.3 Å². The first-order valence-electron chi connectivity index (χ1n) is 10.4. The van der Waals surface area contributed by atoms with E-state index in [1.54, 1.807) is 24.3 Å². The first kappa shape index (κ1) is 22.6. The number of hydrogen-bond acceptors (Lipinski definition) is 3. The highest BCUT2D eigenvalue weighted by atomic mass is 16.2. The maximum absolute atomic E-state index is 12.4. The number of benzene rings is 2. The second kappa shape index (κ2) is 11.4. The highest BCUT2D eigenvalue weighted by Crippen LogP contribution is 2.22. The zero-order chi connectivity index (χ0) is 21.2. The van der Waals surface area contributed by atoms with Gasteiger partial charge in [0, 0.05) is 24.3 Å². The first-order chi connectivity index (χ1) is 13.9. The molecule has 2 rings (SSSR count). The van der Waals surface area contributed by atoms with Gasteiger partial charge in [0.25, 0.3) is 0 Å². The third-order valence-electron chi connectivity index (χ3n) is 4.80. The highest BCUT2D eigenvalue weighted by Gasteiger charge is 2.16. The summed E-state index contributed by atoms with van der Waals surface area (Å²) in [6, 6.07) is 15.9. The fraction of sp³-hybridized carbons (Fsp3) is 0.417. The normalized spacial score (nSPS) is 11.9. The summed E-state index contributed by atoms with van der Waals surface area (Å²) >= 11 is 0. The van der Waals surface area contributed by atoms with E-state index in [-0.39, 0.29) is 24.4 Å². The molecular formula is C24H33N3O2. The van der Waals surface area contributed by atoms with Gasteiger partial charge in [0.05, 0.1) is 6.54 Å². The summed E-state index contributed by atoms with van der Waals surface area (Å²) in [7, 11) is 0. The molecule has 0 unspecified atom stereocenters. The number of anilines is 2. The molecule has 1 atom stereocenters. The van der Waals surface area contributed by atoms with Crippen LogP contribution in [0, 0.1) is 5.92 Å². The van der Waals surface area contributed by atoms with Crippen molar-refractivity contribution in [1.82, 2.24) is 5.32 Å². The van der Waals surface area contributed by atoms with Crippen molar-refractivity contribution in [1.29, 1.82) is 0 Å². The van der Waals surface area contributed by atoms with Crippen molar-refractivity contribution in [2.45, 2.75) is 53.0 Å². The van der Waals surface area contributed by atoms with Crippen LogP contribution in [0.1, 0.15) is 57.7 Å². The first-order valence-corrected chi connectivity index (χ1v) is 10.4. The van der Waals surface area contributed by atoms with Gasteiger partial charge in [-0.3, -0.25) is 9.59 Å². The summed E-state index contributed by atoms with van der Waals surface area (Å²) in [5.41, 5.74) is 3.97. The predicted octanol–water partition coefficient (Wildman–Crippen LogP) is 4.91. The van der Waals surface area contributed by atoms with E-state index in [2.05, 4.69) is 61.0 Å². The molecule has 0 radical (unpaired) electrons. The number of unbranched alkanes of at least 4 members (excludes halogenated alkanes) is 1. The Morgan fingerprint density at radius 1 is 0.897 bits per heavy atom. The summed E-state index contributed by atoms with van der Waals surface area (Å²) in [5, 5.41) is 8.98. The van der Waals surface area contributed by atoms with Crippen molar-refractivity contribution in [2.24, 2.45) is 5.92 Å². The smallest absolute Gasteiger partial charge is 0.238 e. The molecule has 5 nitrogen and oxygen atoms in total. The van der Waals surface area contributed by atoms with Crippen molar-refractivity contribution in [3.05, 3.63) is 59.7 Å². The van der Waals surface area contributed by atoms with Crippen molar-refractivity contribution in [3.8, 4) is 0 Å². The van der Waals surface area contributed by atoms with Gasteiger partial charge >= 0.3 is 0 Å². The monoisotopic (exact) mass is 395 g/mol. The quantitative estimate of drug-likeness (QED) is 0.535. The number of carbonyl (C=O) groups excluding carboxylic acids is 2. The zero-order valence-electron chi connectivity index (χ0n) is 17.9. The standard InChI is InChI=1S/C24H33N3O2/c1-5-6-7-19-8-10-20(11-9-19)24(17(2)3)25-16-23(29)27-22-14-12-21(13-15-22)26-18(4)28/h8-15,17,24-25H,5-7,16H2,1-4H3,(H,26,28)(H,27,29)/t24-/m1/s1. The number of aryl methyl sites for hydroxylation is 1. The van der Waals surface area contributed by atoms with Gasteiger partial charge in [0.1, 0.15) is 0 Å². The Morgan fingerprint density at radius 3 is 2.00 bits per heavy atom. The zero-order valence-corrected chi connectivity index (χ0v) is 17.9. The van der Waals surface area contributed by atoms with E-state index in [1.807, 2.05) is 0 Å². The molecule has 156 valence electrons. The van der Waals surface area contributed by atoms with Crippen molar-refractivity contribution in [3.63, 3.8) is 0 Å². The van der Waals surface area contributed by atoms with Crippen molar-refractivity contribution >= 4 is 23.2 Å². The SMILES string of the molecule is CCCCc1ccc([C@H](NCC(=O)Nc2ccc(NC(C)=O)cc2)C(C)C)cc1. The molecule has 0 aromatic heterocycles. The number of amides is 2. The largest absolute Gasteiger partial charge is 0.326 e. The highest BCUT2D eigenvalue weighted by molar-refractivity contribution is 5.93. The van der Waals surface area contributed by atoms with Gasteiger partial charge < -0.3 is 16.0 Å². The average Bonchev–Trinajstić information content (AvgIpc) is 2.68. The van der Waals surface area contributed by atoms with Crippen LogP contribution in [0.5, 0.6) is 0 Å². The molecule has 2 amide bonds. The molecule has 0 saturated heterocycles. The second-order valence-electron chi connectivity index (χ2n) is 7.75. The number of hydrogen-bond donors (Lipinski definition) is 3. The van der Waals surface area contributed by atoms with E-state index in [9.17, 15) is 9.59 Å². The average molecular weight is 396 g/mol. The molecule has 5 heteroatoms. The minimum atomic E-state index is -0.121. The minimum absolute atomic E-state index is 0.0949. The molecule has 0 fully saturated rings. The van der Waals surface area contributed by atoms with Crippen LogP contribution in [-0.4, -0.2) is 18.4 Å². The molecular weight excluding hydrogens is 362 g/mol. The number of rotatable bonds is 10. The van der Waals surface area contributed by atoms with E-state index >= 15 is 0 Å². The van der Waals surface area contributed by atoms with Crippen LogP contribution in [0.4, 0.5) is 11.4 Å². The molecule has 3 N–H and O–H groups in total. The number of nitrogens with one attached hydrogen (secondary N) is 3. The summed E-state index contributed by atoms with van der Waals surface area (Å²) in [6.07, 6.45) is 3.51. The van der Waals surface area contributed by atoms with E-state index in [4.69, 9.17) is 0 Å². The molecule has 2 aromatic carbocycles. The molecule has 0 bridgehead atoms. The minimum Gasteiger partial charge on any atom is -0.326 e. The van der Waals surface area contributed by atoms with Crippen molar-refractivity contribution < 1.29 is 9.59 Å². The summed E-state index contributed by atoms with van der Waals surface area (Å²) in [6.45, 7) is 8.21. The van der Waals surface area contributed by atoms with Crippen LogP contribution in [0.15, 0.2) is 48.5 Å². The Hall–Kier alpha value is -2.66. The summed E-state index contributed by atoms with van der Waals surface area (Å²) < 4.78 is 0. The topological polar surface area (TPSA) is 70.2 Å². The van der Waals surface area contributed by atoms with E-state index < -0.39 is 0 Å². The fourth-order valence-electron chi connectivity index (χ4n) is 3.26. The van der Waals surface area contributed by atoms with Gasteiger partial charge in [0.15, 0.2) is 0 Å². The van der Waals surface area contributed by atoms with Crippen LogP contribution in [-0.2, 0) is 16.0 Å². The van der Waals surface area contributed by atoms with Gasteiger partial charge in [-0.05, 0) is 54.2 Å². The van der Waals surface area contributed by atoms with E-state index in [0.717, 1.165) is 6.42 Å². The fourth-order valence-corrected chi connectivity index (χ4v) is 3.26. The predicted molar refractivity (Wildman–Crippen MR) is 120 cm³/mol. The maximum atomic E-state index is 12.4. The van der Waals surface area contributed by atoms with Gasteiger partial charge in [-0.2, -0.15) is 0 Å². The molecule has 0 aliphatic heterocycles. The molecule has 2 aromatic rings. The van der Waals surface area contributed by atoms with Crippen LogP contribution >= 0.6 is 0 Å². The van der Waals surface area contributed by atoms with Crippen molar-refractivity contribution in [2.75, 3.05) is 17.2 Å². The lowest BCUT2D eigenvalue weighted by Gasteiger charge is -2.23. The van der Waals surface area contributed by atoms with Crippen LogP contribution < -0.4 is 16.0 Å². The maximum Gasteiger partial charge on any atom is 0.238 e. The second-order valence-corrected chi connectivity index (χ2v) is 7.75. The molecule has 0 aliphatic rings. The molecule has 0 spiro atoms. The van der Waals surface area contributed by atoms with Gasteiger partial charge in [-0.25, -0.2) is 0 Å². The summed E-state index contributed by atoms with van der Waals surface area (Å²) in [5.74, 6) is 0.146. The molecule has 0 aliphatic carbocycles. The van der Waals surface area contributed by atoms with Gasteiger partial charge in [-0.1, -0.05) is 51.5 Å². The Bertz CT molecular complexity index is 783. The lowest BCUT2D eigenvalue weighted by atomic mass is 9.94. The Kier molecular flexibility index (Phi) is 8.87. The Balaban J connectivity index is 1.90. The van der Waals surface area contributed by atoms with Gasteiger partial charge in [0.2, 0.25) is 11.8 Å². The van der Waals surface area contributed by atoms with Crippen LogP contribution in [0.3, 0.4) is 0 Å². The third kappa shape index (κ3) is 7.70.